The van der Waals surface area contributed by atoms with Crippen LogP contribution in [0.5, 0.6) is 0 Å². The molecular weight excluding hydrogens is 356 g/mol. The lowest BCUT2D eigenvalue weighted by molar-refractivity contribution is -0.142. The van der Waals surface area contributed by atoms with Gasteiger partial charge in [-0.25, -0.2) is 0 Å². The van der Waals surface area contributed by atoms with Crippen molar-refractivity contribution in [1.29, 1.82) is 0 Å². The zero-order valence-electron chi connectivity index (χ0n) is 15.1. The minimum atomic E-state index is -0.929. The fraction of sp³-hybridized carbons (Fsp3) is 0.526. The minimum absolute atomic E-state index is 0.101. The molecule has 1 aliphatic heterocycles. The molecule has 7 heteroatoms. The first kappa shape index (κ1) is 20.2. The van der Waals surface area contributed by atoms with Crippen molar-refractivity contribution in [1.82, 2.24) is 10.2 Å². The zero-order valence-corrected chi connectivity index (χ0v) is 15.8. The van der Waals surface area contributed by atoms with E-state index in [4.69, 9.17) is 11.6 Å². The monoisotopic (exact) mass is 380 g/mol. The Labute approximate surface area is 158 Å². The molecule has 1 aromatic rings. The third kappa shape index (κ3) is 5.46. The van der Waals surface area contributed by atoms with Crippen LogP contribution in [0.25, 0.3) is 0 Å². The van der Waals surface area contributed by atoms with Crippen LogP contribution in [0.3, 0.4) is 0 Å². The van der Waals surface area contributed by atoms with E-state index in [1.165, 1.54) is 4.90 Å². The summed E-state index contributed by atoms with van der Waals surface area (Å²) in [6.07, 6.45) is 1.15. The van der Waals surface area contributed by atoms with Gasteiger partial charge >= 0.3 is 5.97 Å². The molecule has 0 aliphatic carbocycles. The lowest BCUT2D eigenvalue weighted by Gasteiger charge is -2.17. The smallest absolute Gasteiger partial charge is 0.308 e. The highest BCUT2D eigenvalue weighted by atomic mass is 35.5. The third-order valence-corrected chi connectivity index (χ3v) is 4.93. The van der Waals surface area contributed by atoms with Crippen molar-refractivity contribution in [2.45, 2.75) is 32.6 Å². The Morgan fingerprint density at radius 2 is 1.88 bits per heavy atom. The number of halogens is 1. The maximum Gasteiger partial charge on any atom is 0.308 e. The molecule has 2 N–H and O–H groups in total. The summed E-state index contributed by atoms with van der Waals surface area (Å²) in [4.78, 5) is 37.3. The molecule has 1 aromatic carbocycles. The van der Waals surface area contributed by atoms with Gasteiger partial charge in [0.2, 0.25) is 11.8 Å². The first-order valence-electron chi connectivity index (χ1n) is 8.80. The van der Waals surface area contributed by atoms with Gasteiger partial charge in [-0.15, -0.1) is 0 Å². The molecule has 142 valence electrons. The van der Waals surface area contributed by atoms with E-state index in [0.717, 1.165) is 12.0 Å². The molecule has 6 nitrogen and oxygen atoms in total. The standard InChI is InChI=1S/C19H25ClN2O4/c1-12(2)3-8-17(23)21-9-18(24)22-10-15(16(11-22)19(25)26)13-4-6-14(20)7-5-13/h4-7,12,15-16H,3,8-11H2,1-2H3,(H,21,23)(H,25,26)/t15-,16+/m0/s1. The lowest BCUT2D eigenvalue weighted by atomic mass is 9.89. The molecule has 2 atom stereocenters. The first-order chi connectivity index (χ1) is 12.3. The van der Waals surface area contributed by atoms with E-state index < -0.39 is 11.9 Å². The Bertz CT molecular complexity index is 660. The second-order valence-electron chi connectivity index (χ2n) is 7.11. The van der Waals surface area contributed by atoms with E-state index in [1.807, 2.05) is 13.8 Å². The Morgan fingerprint density at radius 1 is 1.23 bits per heavy atom. The highest BCUT2D eigenvalue weighted by Gasteiger charge is 2.40. The van der Waals surface area contributed by atoms with Crippen LogP contribution in [0.1, 0.15) is 38.2 Å². The van der Waals surface area contributed by atoms with E-state index in [-0.39, 0.29) is 30.8 Å². The van der Waals surface area contributed by atoms with Crippen LogP contribution in [-0.4, -0.2) is 47.4 Å². The quantitative estimate of drug-likeness (QED) is 0.761. The van der Waals surface area contributed by atoms with Crippen LogP contribution in [0, 0.1) is 11.8 Å². The van der Waals surface area contributed by atoms with Crippen LogP contribution >= 0.6 is 11.6 Å². The Hall–Kier alpha value is -2.08. The number of amides is 2. The summed E-state index contributed by atoms with van der Waals surface area (Å²) in [6.45, 7) is 4.43. The largest absolute Gasteiger partial charge is 0.481 e. The molecule has 0 radical (unpaired) electrons. The molecule has 0 saturated carbocycles. The number of carboxylic acids is 1. The number of carboxylic acid groups (broad SMARTS) is 1. The molecular formula is C19H25ClN2O4. The van der Waals surface area contributed by atoms with Gasteiger partial charge in [-0.3, -0.25) is 14.4 Å². The fourth-order valence-corrected chi connectivity index (χ4v) is 3.23. The second kappa shape index (κ2) is 9.03. The highest BCUT2D eigenvalue weighted by molar-refractivity contribution is 6.30. The predicted molar refractivity (Wildman–Crippen MR) is 99.0 cm³/mol. The van der Waals surface area contributed by atoms with Crippen LogP contribution in [-0.2, 0) is 14.4 Å². The van der Waals surface area contributed by atoms with E-state index in [9.17, 15) is 19.5 Å². The van der Waals surface area contributed by atoms with Crippen molar-refractivity contribution in [3.8, 4) is 0 Å². The van der Waals surface area contributed by atoms with Gasteiger partial charge in [-0.2, -0.15) is 0 Å². The zero-order chi connectivity index (χ0) is 19.3. The van der Waals surface area contributed by atoms with Gasteiger partial charge in [0.15, 0.2) is 0 Å². The average molecular weight is 381 g/mol. The number of nitrogens with one attached hydrogen (secondary N) is 1. The van der Waals surface area contributed by atoms with E-state index >= 15 is 0 Å². The van der Waals surface area contributed by atoms with Gasteiger partial charge in [-0.05, 0) is 30.0 Å². The molecule has 1 fully saturated rings. The van der Waals surface area contributed by atoms with Gasteiger partial charge in [0.1, 0.15) is 0 Å². The Balaban J connectivity index is 1.95. The molecule has 0 bridgehead atoms. The topological polar surface area (TPSA) is 86.7 Å². The number of carbonyl (C=O) groups excluding carboxylic acids is 2. The maximum absolute atomic E-state index is 12.4. The fourth-order valence-electron chi connectivity index (χ4n) is 3.10. The van der Waals surface area contributed by atoms with Crippen LogP contribution in [0.2, 0.25) is 5.02 Å². The Morgan fingerprint density at radius 3 is 2.46 bits per heavy atom. The number of rotatable bonds is 7. The number of benzene rings is 1. The number of hydrogen-bond donors (Lipinski definition) is 2. The van der Waals surface area contributed by atoms with Crippen LogP contribution in [0.15, 0.2) is 24.3 Å². The van der Waals surface area contributed by atoms with Crippen molar-refractivity contribution in [3.05, 3.63) is 34.9 Å². The van der Waals surface area contributed by atoms with Gasteiger partial charge in [0, 0.05) is 30.5 Å². The van der Waals surface area contributed by atoms with Crippen molar-refractivity contribution < 1.29 is 19.5 Å². The summed E-state index contributed by atoms with van der Waals surface area (Å²) in [5.74, 6) is -1.88. The van der Waals surface area contributed by atoms with Crippen molar-refractivity contribution in [3.63, 3.8) is 0 Å². The van der Waals surface area contributed by atoms with E-state index in [2.05, 4.69) is 5.32 Å². The number of aliphatic carboxylic acids is 1. The first-order valence-corrected chi connectivity index (χ1v) is 9.18. The molecule has 1 aliphatic rings. The summed E-state index contributed by atoms with van der Waals surface area (Å²) >= 11 is 5.89. The molecule has 26 heavy (non-hydrogen) atoms. The van der Waals surface area contributed by atoms with Gasteiger partial charge in [-0.1, -0.05) is 37.6 Å². The van der Waals surface area contributed by atoms with E-state index in [1.54, 1.807) is 24.3 Å². The lowest BCUT2D eigenvalue weighted by Crippen LogP contribution is -2.39. The molecule has 1 heterocycles. The molecule has 0 aromatic heterocycles. The van der Waals surface area contributed by atoms with Crippen molar-refractivity contribution in [2.75, 3.05) is 19.6 Å². The summed E-state index contributed by atoms with van der Waals surface area (Å²) in [5.41, 5.74) is 0.845. The SMILES string of the molecule is CC(C)CCC(=O)NCC(=O)N1C[C@@H](C(=O)O)[C@H](c2ccc(Cl)cc2)C1. The maximum atomic E-state index is 12.4. The molecule has 0 spiro atoms. The van der Waals surface area contributed by atoms with Gasteiger partial charge in [0.25, 0.3) is 0 Å². The van der Waals surface area contributed by atoms with Gasteiger partial charge in [0.05, 0.1) is 12.5 Å². The van der Waals surface area contributed by atoms with Crippen molar-refractivity contribution >= 4 is 29.4 Å². The molecule has 2 rings (SSSR count). The number of hydrogen-bond acceptors (Lipinski definition) is 3. The normalized spacial score (nSPS) is 19.6. The predicted octanol–water partition coefficient (Wildman–Crippen LogP) is 2.52. The van der Waals surface area contributed by atoms with Crippen LogP contribution < -0.4 is 5.32 Å². The minimum Gasteiger partial charge on any atom is -0.481 e. The number of carbonyl (C=O) groups is 3. The molecule has 0 unspecified atom stereocenters. The van der Waals surface area contributed by atoms with E-state index in [0.29, 0.717) is 23.9 Å². The highest BCUT2D eigenvalue weighted by Crippen LogP contribution is 2.33. The summed E-state index contributed by atoms with van der Waals surface area (Å²) in [6, 6.07) is 7.03. The second-order valence-corrected chi connectivity index (χ2v) is 7.55. The summed E-state index contributed by atoms with van der Waals surface area (Å²) in [7, 11) is 0. The Kier molecular flexibility index (Phi) is 7.03. The average Bonchev–Trinajstić information content (AvgIpc) is 3.04. The van der Waals surface area contributed by atoms with Gasteiger partial charge < -0.3 is 15.3 Å². The number of nitrogens with zero attached hydrogens (tertiary/aromatic N) is 1. The third-order valence-electron chi connectivity index (χ3n) is 4.67. The summed E-state index contributed by atoms with van der Waals surface area (Å²) < 4.78 is 0. The number of likely N-dealkylation sites (tertiary alicyclic amines) is 1. The van der Waals surface area contributed by atoms with Crippen molar-refractivity contribution in [2.24, 2.45) is 11.8 Å². The van der Waals surface area contributed by atoms with Crippen LogP contribution in [0.4, 0.5) is 0 Å². The molecule has 2 amide bonds. The molecule has 1 saturated heterocycles. The summed E-state index contributed by atoms with van der Waals surface area (Å²) in [5, 5.41) is 12.7.